The van der Waals surface area contributed by atoms with E-state index < -0.39 is 5.97 Å². The quantitative estimate of drug-likeness (QED) is 0.679. The van der Waals surface area contributed by atoms with Crippen LogP contribution in [0.25, 0.3) is 0 Å². The van der Waals surface area contributed by atoms with Crippen molar-refractivity contribution in [2.75, 3.05) is 11.5 Å². The van der Waals surface area contributed by atoms with Crippen molar-refractivity contribution < 1.29 is 19.8 Å². The largest absolute Gasteiger partial charge is 0.508 e. The summed E-state index contributed by atoms with van der Waals surface area (Å²) in [6.07, 6.45) is 1.60. The van der Waals surface area contributed by atoms with Gasteiger partial charge in [-0.25, -0.2) is 0 Å². The van der Waals surface area contributed by atoms with E-state index in [9.17, 15) is 14.7 Å². The molecule has 0 aliphatic heterocycles. The second kappa shape index (κ2) is 8.47. The van der Waals surface area contributed by atoms with Gasteiger partial charge in [0.25, 0.3) is 0 Å². The number of carbonyl (C=O) groups is 2. The van der Waals surface area contributed by atoms with Crippen molar-refractivity contribution in [1.29, 1.82) is 0 Å². The van der Waals surface area contributed by atoms with Crippen molar-refractivity contribution in [3.8, 4) is 5.75 Å². The highest BCUT2D eigenvalue weighted by atomic mass is 32.2. The van der Waals surface area contributed by atoms with E-state index >= 15 is 0 Å². The SMILES string of the molecule is CC(CCc1ccc(O)cc1)NC(=O)CSCC(=O)O. The molecule has 0 saturated carbocycles. The number of phenols is 1. The first kappa shape index (κ1) is 16.4. The Labute approximate surface area is 122 Å². The number of carboxylic acid groups (broad SMARTS) is 1. The average Bonchev–Trinajstić information content (AvgIpc) is 2.37. The number of rotatable bonds is 8. The number of hydrogen-bond donors (Lipinski definition) is 3. The maximum Gasteiger partial charge on any atom is 0.313 e. The van der Waals surface area contributed by atoms with Crippen molar-refractivity contribution in [3.05, 3.63) is 29.8 Å². The van der Waals surface area contributed by atoms with E-state index in [-0.39, 0.29) is 29.2 Å². The number of nitrogens with one attached hydrogen (secondary N) is 1. The van der Waals surface area contributed by atoms with Gasteiger partial charge in [0.15, 0.2) is 0 Å². The Balaban J connectivity index is 2.22. The zero-order chi connectivity index (χ0) is 15.0. The Bertz CT molecular complexity index is 447. The van der Waals surface area contributed by atoms with Gasteiger partial charge in [-0.3, -0.25) is 9.59 Å². The minimum absolute atomic E-state index is 0.0294. The van der Waals surface area contributed by atoms with Crippen LogP contribution in [0.4, 0.5) is 0 Å². The van der Waals surface area contributed by atoms with Crippen molar-refractivity contribution in [2.45, 2.75) is 25.8 Å². The van der Waals surface area contributed by atoms with Gasteiger partial charge in [0.05, 0.1) is 11.5 Å². The van der Waals surface area contributed by atoms with Gasteiger partial charge < -0.3 is 15.5 Å². The number of phenolic OH excluding ortho intramolecular Hbond substituents is 1. The first-order chi connectivity index (χ1) is 9.47. The number of hydrogen-bond acceptors (Lipinski definition) is 4. The molecule has 0 aliphatic carbocycles. The van der Waals surface area contributed by atoms with Gasteiger partial charge in [0, 0.05) is 6.04 Å². The third kappa shape index (κ3) is 7.04. The van der Waals surface area contributed by atoms with Gasteiger partial charge in [-0.05, 0) is 37.5 Å². The van der Waals surface area contributed by atoms with E-state index in [1.807, 2.05) is 19.1 Å². The number of aryl methyl sites for hydroxylation is 1. The number of aromatic hydroxyl groups is 1. The zero-order valence-electron chi connectivity index (χ0n) is 11.3. The Hall–Kier alpha value is -1.69. The fraction of sp³-hybridized carbons (Fsp3) is 0.429. The molecule has 3 N–H and O–H groups in total. The molecule has 0 heterocycles. The molecule has 0 aliphatic rings. The molecule has 5 nitrogen and oxygen atoms in total. The van der Waals surface area contributed by atoms with Crippen LogP contribution in [0, 0.1) is 0 Å². The summed E-state index contributed by atoms with van der Waals surface area (Å²) in [6, 6.07) is 7.02. The second-order valence-electron chi connectivity index (χ2n) is 4.56. The Morgan fingerprint density at radius 2 is 1.90 bits per heavy atom. The first-order valence-corrected chi connectivity index (χ1v) is 7.49. The van der Waals surface area contributed by atoms with E-state index in [1.54, 1.807) is 12.1 Å². The Morgan fingerprint density at radius 3 is 2.50 bits per heavy atom. The molecule has 1 aromatic rings. The fourth-order valence-corrected chi connectivity index (χ4v) is 2.21. The average molecular weight is 297 g/mol. The van der Waals surface area contributed by atoms with Gasteiger partial charge in [0.1, 0.15) is 5.75 Å². The standard InChI is InChI=1S/C14H19NO4S/c1-10(15-13(17)8-20-9-14(18)19)2-3-11-4-6-12(16)7-5-11/h4-7,10,16H,2-3,8-9H2,1H3,(H,15,17)(H,18,19). The van der Waals surface area contributed by atoms with E-state index in [4.69, 9.17) is 5.11 Å². The van der Waals surface area contributed by atoms with E-state index in [1.165, 1.54) is 0 Å². The van der Waals surface area contributed by atoms with Crippen molar-refractivity contribution in [1.82, 2.24) is 5.32 Å². The molecule has 1 amide bonds. The predicted molar refractivity (Wildman–Crippen MR) is 79.0 cm³/mol. The smallest absolute Gasteiger partial charge is 0.313 e. The summed E-state index contributed by atoms with van der Waals surface area (Å²) in [6.45, 7) is 1.92. The van der Waals surface area contributed by atoms with Gasteiger partial charge in [-0.2, -0.15) is 0 Å². The molecule has 0 radical (unpaired) electrons. The number of amides is 1. The van der Waals surface area contributed by atoms with Crippen LogP contribution in [-0.2, 0) is 16.0 Å². The van der Waals surface area contributed by atoms with Crippen molar-refractivity contribution in [3.63, 3.8) is 0 Å². The molecule has 1 atom stereocenters. The van der Waals surface area contributed by atoms with Gasteiger partial charge in [0.2, 0.25) is 5.91 Å². The normalized spacial score (nSPS) is 11.8. The number of aliphatic carboxylic acids is 1. The van der Waals surface area contributed by atoms with E-state index in [2.05, 4.69) is 5.32 Å². The fourth-order valence-electron chi connectivity index (χ4n) is 1.67. The van der Waals surface area contributed by atoms with E-state index in [0.29, 0.717) is 0 Å². The van der Waals surface area contributed by atoms with Gasteiger partial charge >= 0.3 is 5.97 Å². The summed E-state index contributed by atoms with van der Waals surface area (Å²) in [7, 11) is 0. The summed E-state index contributed by atoms with van der Waals surface area (Å²) in [5.74, 6) is -0.714. The lowest BCUT2D eigenvalue weighted by atomic mass is 10.1. The number of carboxylic acids is 1. The molecule has 0 bridgehead atoms. The summed E-state index contributed by atoms with van der Waals surface area (Å²) < 4.78 is 0. The molecule has 1 rings (SSSR count). The van der Waals surface area contributed by atoms with Crippen LogP contribution in [0.5, 0.6) is 5.75 Å². The van der Waals surface area contributed by atoms with Crippen LogP contribution in [0.3, 0.4) is 0 Å². The Morgan fingerprint density at radius 1 is 1.25 bits per heavy atom. The molecule has 0 aromatic heterocycles. The molecule has 0 fully saturated rings. The molecule has 110 valence electrons. The summed E-state index contributed by atoms with van der Waals surface area (Å²) >= 11 is 1.09. The van der Waals surface area contributed by atoms with Crippen LogP contribution >= 0.6 is 11.8 Å². The molecule has 0 spiro atoms. The molecule has 0 saturated heterocycles. The maximum absolute atomic E-state index is 11.5. The zero-order valence-corrected chi connectivity index (χ0v) is 12.2. The minimum atomic E-state index is -0.914. The topological polar surface area (TPSA) is 86.6 Å². The van der Waals surface area contributed by atoms with Crippen LogP contribution in [-0.4, -0.2) is 39.6 Å². The third-order valence-corrected chi connectivity index (χ3v) is 3.59. The van der Waals surface area contributed by atoms with Gasteiger partial charge in [-0.15, -0.1) is 11.8 Å². The lowest BCUT2D eigenvalue weighted by Crippen LogP contribution is -2.34. The third-order valence-electron chi connectivity index (χ3n) is 2.67. The molecule has 20 heavy (non-hydrogen) atoms. The van der Waals surface area contributed by atoms with Crippen molar-refractivity contribution in [2.24, 2.45) is 0 Å². The highest BCUT2D eigenvalue weighted by Gasteiger charge is 2.08. The lowest BCUT2D eigenvalue weighted by molar-refractivity contribution is -0.133. The predicted octanol–water partition coefficient (Wildman–Crippen LogP) is 1.65. The molecule has 1 aromatic carbocycles. The monoisotopic (exact) mass is 297 g/mol. The van der Waals surface area contributed by atoms with Gasteiger partial charge in [-0.1, -0.05) is 12.1 Å². The van der Waals surface area contributed by atoms with Crippen LogP contribution in [0.15, 0.2) is 24.3 Å². The maximum atomic E-state index is 11.5. The van der Waals surface area contributed by atoms with Crippen molar-refractivity contribution >= 4 is 23.6 Å². The highest BCUT2D eigenvalue weighted by molar-refractivity contribution is 8.00. The molecular weight excluding hydrogens is 278 g/mol. The summed E-state index contributed by atoms with van der Waals surface area (Å²) in [5, 5.41) is 20.5. The van der Waals surface area contributed by atoms with E-state index in [0.717, 1.165) is 30.2 Å². The Kier molecular flexibility index (Phi) is 6.93. The summed E-state index contributed by atoms with van der Waals surface area (Å²) in [5.41, 5.74) is 1.10. The molecule has 6 heteroatoms. The lowest BCUT2D eigenvalue weighted by Gasteiger charge is -2.13. The first-order valence-electron chi connectivity index (χ1n) is 6.34. The highest BCUT2D eigenvalue weighted by Crippen LogP contribution is 2.12. The minimum Gasteiger partial charge on any atom is -0.508 e. The number of benzene rings is 1. The van der Waals surface area contributed by atoms with Crippen LogP contribution in [0.2, 0.25) is 0 Å². The summed E-state index contributed by atoms with van der Waals surface area (Å²) in [4.78, 5) is 21.8. The molecular formula is C14H19NO4S. The van der Waals surface area contributed by atoms with Crippen LogP contribution in [0.1, 0.15) is 18.9 Å². The van der Waals surface area contributed by atoms with Crippen LogP contribution < -0.4 is 5.32 Å². The number of thioether (sulfide) groups is 1. The second-order valence-corrected chi connectivity index (χ2v) is 5.55. The molecule has 1 unspecified atom stereocenters. The number of carbonyl (C=O) groups excluding carboxylic acids is 1.